The van der Waals surface area contributed by atoms with Crippen LogP contribution in [0.25, 0.3) is 0 Å². The van der Waals surface area contributed by atoms with E-state index in [0.29, 0.717) is 5.56 Å². The van der Waals surface area contributed by atoms with Gasteiger partial charge in [0.1, 0.15) is 5.82 Å². The van der Waals surface area contributed by atoms with Gasteiger partial charge >= 0.3 is 0 Å². The highest BCUT2D eigenvalue weighted by Crippen LogP contribution is 2.33. The summed E-state index contributed by atoms with van der Waals surface area (Å²) in [5, 5.41) is 10.2. The van der Waals surface area contributed by atoms with Gasteiger partial charge in [0.15, 0.2) is 0 Å². The summed E-state index contributed by atoms with van der Waals surface area (Å²) in [6, 6.07) is 1.39. The second-order valence-corrected chi connectivity index (χ2v) is 4.63. The van der Waals surface area contributed by atoms with Crippen molar-refractivity contribution >= 4 is 0 Å². The van der Waals surface area contributed by atoms with Crippen molar-refractivity contribution in [3.8, 4) is 0 Å². The number of hydrogen-bond donors (Lipinski definition) is 1. The molecule has 2 nitrogen and oxygen atoms in total. The number of aliphatic hydroxyl groups is 1. The second kappa shape index (κ2) is 5.39. The molecule has 0 aliphatic heterocycles. The zero-order valence-corrected chi connectivity index (χ0v) is 9.40. The van der Waals surface area contributed by atoms with Gasteiger partial charge in [0.25, 0.3) is 0 Å². The van der Waals surface area contributed by atoms with E-state index < -0.39 is 6.10 Å². The van der Waals surface area contributed by atoms with Gasteiger partial charge in [-0.25, -0.2) is 4.39 Å². The quantitative estimate of drug-likeness (QED) is 0.781. The number of rotatable bonds is 2. The molecule has 1 heterocycles. The van der Waals surface area contributed by atoms with Crippen molar-refractivity contribution in [3.05, 3.63) is 29.8 Å². The Morgan fingerprint density at radius 3 is 2.50 bits per heavy atom. The first kappa shape index (κ1) is 11.5. The molecule has 0 amide bonds. The van der Waals surface area contributed by atoms with E-state index in [1.165, 1.54) is 37.9 Å². The van der Waals surface area contributed by atoms with Gasteiger partial charge in [0.05, 0.1) is 12.3 Å². The Morgan fingerprint density at radius 1 is 1.19 bits per heavy atom. The highest BCUT2D eigenvalue weighted by Gasteiger charge is 2.22. The SMILES string of the molecule is OC(c1cncc(F)c1)C1CCCCCC1. The first-order valence-electron chi connectivity index (χ1n) is 6.06. The zero-order chi connectivity index (χ0) is 11.4. The third-order valence-corrected chi connectivity index (χ3v) is 3.41. The Bertz CT molecular complexity index is 334. The summed E-state index contributed by atoms with van der Waals surface area (Å²) in [5.74, 6) is -0.101. The summed E-state index contributed by atoms with van der Waals surface area (Å²) >= 11 is 0. The lowest BCUT2D eigenvalue weighted by Gasteiger charge is -2.21. The van der Waals surface area contributed by atoms with E-state index in [9.17, 15) is 9.50 Å². The van der Waals surface area contributed by atoms with Gasteiger partial charge in [-0.3, -0.25) is 4.98 Å². The van der Waals surface area contributed by atoms with E-state index in [0.717, 1.165) is 12.8 Å². The predicted molar refractivity (Wildman–Crippen MR) is 60.3 cm³/mol. The minimum atomic E-state index is -0.554. The molecule has 1 saturated carbocycles. The van der Waals surface area contributed by atoms with Crippen LogP contribution in [0.2, 0.25) is 0 Å². The molecule has 1 unspecified atom stereocenters. The lowest BCUT2D eigenvalue weighted by molar-refractivity contribution is 0.0981. The number of nitrogens with zero attached hydrogens (tertiary/aromatic N) is 1. The van der Waals surface area contributed by atoms with Gasteiger partial charge in [-0.05, 0) is 24.8 Å². The van der Waals surface area contributed by atoms with E-state index in [4.69, 9.17) is 0 Å². The molecule has 1 aliphatic carbocycles. The summed E-state index contributed by atoms with van der Waals surface area (Å²) in [5.41, 5.74) is 0.617. The molecule has 2 rings (SSSR count). The lowest BCUT2D eigenvalue weighted by Crippen LogP contribution is -2.12. The Morgan fingerprint density at radius 2 is 1.88 bits per heavy atom. The van der Waals surface area contributed by atoms with E-state index in [-0.39, 0.29) is 11.7 Å². The third kappa shape index (κ3) is 2.79. The van der Waals surface area contributed by atoms with Crippen LogP contribution in [-0.4, -0.2) is 10.1 Å². The molecule has 1 fully saturated rings. The number of aliphatic hydroxyl groups excluding tert-OH is 1. The van der Waals surface area contributed by atoms with Crippen LogP contribution in [0.15, 0.2) is 18.5 Å². The van der Waals surface area contributed by atoms with Crippen LogP contribution in [0.3, 0.4) is 0 Å². The van der Waals surface area contributed by atoms with E-state index in [1.54, 1.807) is 6.20 Å². The topological polar surface area (TPSA) is 33.1 Å². The molecule has 16 heavy (non-hydrogen) atoms. The van der Waals surface area contributed by atoms with Gasteiger partial charge in [0.2, 0.25) is 0 Å². The molecule has 0 radical (unpaired) electrons. The Labute approximate surface area is 95.5 Å². The van der Waals surface area contributed by atoms with Crippen molar-refractivity contribution < 1.29 is 9.50 Å². The molecular formula is C13H18FNO. The molecular weight excluding hydrogens is 205 g/mol. The van der Waals surface area contributed by atoms with Crippen LogP contribution >= 0.6 is 0 Å². The molecule has 1 atom stereocenters. The molecule has 1 N–H and O–H groups in total. The third-order valence-electron chi connectivity index (χ3n) is 3.41. The molecule has 88 valence electrons. The molecule has 0 spiro atoms. The summed E-state index contributed by atoms with van der Waals surface area (Å²) in [6.45, 7) is 0. The normalized spacial score (nSPS) is 20.4. The molecule has 1 aliphatic rings. The molecule has 3 heteroatoms. The van der Waals surface area contributed by atoms with Crippen molar-refractivity contribution in [1.82, 2.24) is 4.98 Å². The molecule has 1 aromatic heterocycles. The number of halogens is 1. The maximum atomic E-state index is 13.0. The van der Waals surface area contributed by atoms with Gasteiger partial charge in [-0.15, -0.1) is 0 Å². The predicted octanol–water partition coefficient (Wildman–Crippen LogP) is 3.22. The molecule has 1 aromatic rings. The monoisotopic (exact) mass is 223 g/mol. The summed E-state index contributed by atoms with van der Waals surface area (Å²) in [7, 11) is 0. The molecule has 0 bridgehead atoms. The van der Waals surface area contributed by atoms with E-state index in [2.05, 4.69) is 4.98 Å². The van der Waals surface area contributed by atoms with Crippen LogP contribution in [0.1, 0.15) is 50.2 Å². The van der Waals surface area contributed by atoms with Gasteiger partial charge in [-0.1, -0.05) is 25.7 Å². The van der Waals surface area contributed by atoms with Crippen LogP contribution in [0, 0.1) is 11.7 Å². The Hall–Kier alpha value is -0.960. The Balaban J connectivity index is 2.07. The van der Waals surface area contributed by atoms with Crippen molar-refractivity contribution in [2.45, 2.75) is 44.6 Å². The lowest BCUT2D eigenvalue weighted by atomic mass is 9.90. The van der Waals surface area contributed by atoms with Gasteiger partial charge < -0.3 is 5.11 Å². The van der Waals surface area contributed by atoms with Crippen molar-refractivity contribution in [3.63, 3.8) is 0 Å². The summed E-state index contributed by atoms with van der Waals surface area (Å²) < 4.78 is 13.0. The second-order valence-electron chi connectivity index (χ2n) is 4.63. The Kier molecular flexibility index (Phi) is 3.88. The highest BCUT2D eigenvalue weighted by molar-refractivity contribution is 5.14. The summed E-state index contributed by atoms with van der Waals surface area (Å²) in [6.07, 6.45) is 9.11. The summed E-state index contributed by atoms with van der Waals surface area (Å²) in [4.78, 5) is 3.79. The smallest absolute Gasteiger partial charge is 0.141 e. The number of aromatic nitrogens is 1. The van der Waals surface area contributed by atoms with Crippen LogP contribution in [0.5, 0.6) is 0 Å². The van der Waals surface area contributed by atoms with Crippen LogP contribution in [-0.2, 0) is 0 Å². The van der Waals surface area contributed by atoms with Gasteiger partial charge in [-0.2, -0.15) is 0 Å². The maximum Gasteiger partial charge on any atom is 0.141 e. The first-order valence-corrected chi connectivity index (χ1v) is 6.06. The van der Waals surface area contributed by atoms with Crippen molar-refractivity contribution in [2.24, 2.45) is 5.92 Å². The fourth-order valence-corrected chi connectivity index (χ4v) is 2.49. The van der Waals surface area contributed by atoms with E-state index >= 15 is 0 Å². The largest absolute Gasteiger partial charge is 0.388 e. The van der Waals surface area contributed by atoms with Crippen molar-refractivity contribution in [1.29, 1.82) is 0 Å². The number of pyridine rings is 1. The highest BCUT2D eigenvalue weighted by atomic mass is 19.1. The average Bonchev–Trinajstić information content (AvgIpc) is 2.56. The average molecular weight is 223 g/mol. The minimum absolute atomic E-state index is 0.270. The van der Waals surface area contributed by atoms with E-state index in [1.807, 2.05) is 0 Å². The standard InChI is InChI=1S/C13H18FNO/c14-12-7-11(8-15-9-12)13(16)10-5-3-1-2-4-6-10/h7-10,13,16H,1-6H2. The number of hydrogen-bond acceptors (Lipinski definition) is 2. The molecule has 0 aromatic carbocycles. The zero-order valence-electron chi connectivity index (χ0n) is 9.40. The molecule has 0 saturated heterocycles. The van der Waals surface area contributed by atoms with Crippen LogP contribution < -0.4 is 0 Å². The fraction of sp³-hybridized carbons (Fsp3) is 0.615. The first-order chi connectivity index (χ1) is 7.77. The minimum Gasteiger partial charge on any atom is -0.388 e. The van der Waals surface area contributed by atoms with Crippen molar-refractivity contribution in [2.75, 3.05) is 0 Å². The maximum absolute atomic E-state index is 13.0. The van der Waals surface area contributed by atoms with Crippen LogP contribution in [0.4, 0.5) is 4.39 Å². The van der Waals surface area contributed by atoms with Gasteiger partial charge in [0, 0.05) is 11.8 Å². The fourth-order valence-electron chi connectivity index (χ4n) is 2.49.